The van der Waals surface area contributed by atoms with Gasteiger partial charge in [-0.2, -0.15) is 0 Å². The van der Waals surface area contributed by atoms with Crippen LogP contribution in [0.15, 0.2) is 30.3 Å². The van der Waals surface area contributed by atoms with Gasteiger partial charge >= 0.3 is 0 Å². The summed E-state index contributed by atoms with van der Waals surface area (Å²) in [6.45, 7) is 2.36. The van der Waals surface area contributed by atoms with Crippen molar-refractivity contribution in [2.45, 2.75) is 19.8 Å². The summed E-state index contributed by atoms with van der Waals surface area (Å²) in [5.41, 5.74) is 2.52. The second-order valence-corrected chi connectivity index (χ2v) is 3.18. The lowest BCUT2D eigenvalue weighted by molar-refractivity contribution is 0.290. The number of rotatable bonds is 4. The second-order valence-electron chi connectivity index (χ2n) is 3.18. The number of aliphatic hydroxyl groups excluding tert-OH is 1. The van der Waals surface area contributed by atoms with Crippen molar-refractivity contribution in [3.05, 3.63) is 41.5 Å². The predicted molar refractivity (Wildman–Crippen MR) is 56.5 cm³/mol. The van der Waals surface area contributed by atoms with E-state index in [-0.39, 0.29) is 6.61 Å². The summed E-state index contributed by atoms with van der Waals surface area (Å²) in [5.74, 6) is 0. The van der Waals surface area contributed by atoms with Crippen LogP contribution in [-0.2, 0) is 0 Å². The maximum Gasteiger partial charge on any atom is 0.0433 e. The zero-order chi connectivity index (χ0) is 9.52. The molecule has 13 heavy (non-hydrogen) atoms. The number of hydrogen-bond acceptors (Lipinski definition) is 1. The first kappa shape index (κ1) is 10.0. The Bertz CT molecular complexity index is 276. The van der Waals surface area contributed by atoms with E-state index in [4.69, 9.17) is 5.11 Å². The third-order valence-electron chi connectivity index (χ3n) is 1.88. The lowest BCUT2D eigenvalue weighted by atomic mass is 10.1. The Balaban J connectivity index is 2.48. The van der Waals surface area contributed by atoms with Crippen molar-refractivity contribution >= 4 is 6.08 Å². The fraction of sp³-hybridized carbons (Fsp3) is 0.333. The van der Waals surface area contributed by atoms with Crippen LogP contribution in [0.25, 0.3) is 6.08 Å². The number of aryl methyl sites for hydroxylation is 1. The summed E-state index contributed by atoms with van der Waals surface area (Å²) < 4.78 is 0. The summed E-state index contributed by atoms with van der Waals surface area (Å²) in [5, 5.41) is 8.57. The Hall–Kier alpha value is -1.08. The van der Waals surface area contributed by atoms with E-state index in [1.807, 2.05) is 0 Å². The van der Waals surface area contributed by atoms with Gasteiger partial charge in [0.15, 0.2) is 0 Å². The first-order valence-corrected chi connectivity index (χ1v) is 4.67. The van der Waals surface area contributed by atoms with E-state index in [0.29, 0.717) is 0 Å². The number of unbranched alkanes of at least 4 members (excludes halogenated alkanes) is 1. The van der Waals surface area contributed by atoms with Crippen molar-refractivity contribution in [1.29, 1.82) is 0 Å². The molecule has 0 aliphatic heterocycles. The predicted octanol–water partition coefficient (Wildman–Crippen LogP) is 2.78. The number of benzene rings is 1. The summed E-state index contributed by atoms with van der Waals surface area (Å²) in [6.07, 6.45) is 6.00. The molecule has 0 spiro atoms. The lowest BCUT2D eigenvalue weighted by Crippen LogP contribution is -1.79. The van der Waals surface area contributed by atoms with Crippen LogP contribution in [0.4, 0.5) is 0 Å². The standard InChI is InChI=1S/C12H16O/c1-11-6-5-8-12(10-11)7-3-2-4-9-13/h3,5-8,10,13H,2,4,9H2,1H3/b7-3-. The molecule has 0 saturated carbocycles. The SMILES string of the molecule is Cc1cccc(/C=C\CCCO)c1. The first-order valence-electron chi connectivity index (χ1n) is 4.67. The van der Waals surface area contributed by atoms with E-state index in [0.717, 1.165) is 12.8 Å². The zero-order valence-electron chi connectivity index (χ0n) is 8.03. The second kappa shape index (κ2) is 5.55. The lowest BCUT2D eigenvalue weighted by Gasteiger charge is -1.95. The molecular weight excluding hydrogens is 160 g/mol. The van der Waals surface area contributed by atoms with Gasteiger partial charge in [0.05, 0.1) is 0 Å². The fourth-order valence-corrected chi connectivity index (χ4v) is 1.20. The normalized spacial score (nSPS) is 10.9. The maximum atomic E-state index is 8.57. The Morgan fingerprint density at radius 1 is 1.38 bits per heavy atom. The molecule has 0 unspecified atom stereocenters. The van der Waals surface area contributed by atoms with Gasteiger partial charge in [-0.1, -0.05) is 42.0 Å². The molecule has 1 rings (SSSR count). The summed E-state index contributed by atoms with van der Waals surface area (Å²) >= 11 is 0. The van der Waals surface area contributed by atoms with Crippen molar-refractivity contribution in [3.8, 4) is 0 Å². The van der Waals surface area contributed by atoms with E-state index in [9.17, 15) is 0 Å². The molecule has 1 N–H and O–H groups in total. The van der Waals surface area contributed by atoms with Crippen LogP contribution >= 0.6 is 0 Å². The van der Waals surface area contributed by atoms with E-state index in [1.54, 1.807) is 0 Å². The highest BCUT2D eigenvalue weighted by atomic mass is 16.2. The van der Waals surface area contributed by atoms with Crippen molar-refractivity contribution in [2.75, 3.05) is 6.61 Å². The van der Waals surface area contributed by atoms with Gasteiger partial charge in [-0.25, -0.2) is 0 Å². The largest absolute Gasteiger partial charge is 0.396 e. The smallest absolute Gasteiger partial charge is 0.0433 e. The van der Waals surface area contributed by atoms with Crippen LogP contribution in [-0.4, -0.2) is 11.7 Å². The molecule has 0 radical (unpaired) electrons. The average Bonchev–Trinajstić information content (AvgIpc) is 2.13. The van der Waals surface area contributed by atoms with Gasteiger partial charge in [0, 0.05) is 6.61 Å². The molecule has 0 aliphatic carbocycles. The molecule has 1 heteroatoms. The highest BCUT2D eigenvalue weighted by Gasteiger charge is 1.86. The van der Waals surface area contributed by atoms with E-state index < -0.39 is 0 Å². The topological polar surface area (TPSA) is 20.2 Å². The summed E-state index contributed by atoms with van der Waals surface area (Å²) in [4.78, 5) is 0. The van der Waals surface area contributed by atoms with E-state index >= 15 is 0 Å². The molecule has 0 aromatic heterocycles. The van der Waals surface area contributed by atoms with Gasteiger partial charge in [-0.05, 0) is 25.3 Å². The minimum atomic E-state index is 0.276. The fourth-order valence-electron chi connectivity index (χ4n) is 1.20. The zero-order valence-corrected chi connectivity index (χ0v) is 8.03. The average molecular weight is 176 g/mol. The molecule has 0 heterocycles. The van der Waals surface area contributed by atoms with Gasteiger partial charge < -0.3 is 5.11 Å². The van der Waals surface area contributed by atoms with Crippen LogP contribution < -0.4 is 0 Å². The highest BCUT2D eigenvalue weighted by molar-refractivity contribution is 5.49. The Labute approximate surface area is 79.7 Å². The van der Waals surface area contributed by atoms with Crippen LogP contribution in [0.1, 0.15) is 24.0 Å². The third kappa shape index (κ3) is 3.90. The molecule has 0 atom stereocenters. The minimum Gasteiger partial charge on any atom is -0.396 e. The molecule has 0 bridgehead atoms. The van der Waals surface area contributed by atoms with Gasteiger partial charge in [-0.3, -0.25) is 0 Å². The van der Waals surface area contributed by atoms with Gasteiger partial charge in [0.2, 0.25) is 0 Å². The molecule has 0 fully saturated rings. The van der Waals surface area contributed by atoms with Gasteiger partial charge in [-0.15, -0.1) is 0 Å². The van der Waals surface area contributed by atoms with Gasteiger partial charge in [0.25, 0.3) is 0 Å². The summed E-state index contributed by atoms with van der Waals surface area (Å²) in [6, 6.07) is 8.38. The maximum absolute atomic E-state index is 8.57. The first-order chi connectivity index (χ1) is 6.33. The third-order valence-corrected chi connectivity index (χ3v) is 1.88. The monoisotopic (exact) mass is 176 g/mol. The molecule has 0 aliphatic rings. The molecule has 0 amide bonds. The highest BCUT2D eigenvalue weighted by Crippen LogP contribution is 2.06. The van der Waals surface area contributed by atoms with Crippen LogP contribution in [0.5, 0.6) is 0 Å². The van der Waals surface area contributed by atoms with Crippen LogP contribution in [0.3, 0.4) is 0 Å². The van der Waals surface area contributed by atoms with Crippen molar-refractivity contribution in [3.63, 3.8) is 0 Å². The minimum absolute atomic E-state index is 0.276. The van der Waals surface area contributed by atoms with Crippen LogP contribution in [0, 0.1) is 6.92 Å². The Kier molecular flexibility index (Phi) is 4.27. The Morgan fingerprint density at radius 2 is 2.23 bits per heavy atom. The molecule has 70 valence electrons. The van der Waals surface area contributed by atoms with Crippen molar-refractivity contribution in [2.24, 2.45) is 0 Å². The Morgan fingerprint density at radius 3 is 2.92 bits per heavy atom. The van der Waals surface area contributed by atoms with E-state index in [1.165, 1.54) is 11.1 Å². The molecule has 0 saturated heterocycles. The number of aliphatic hydroxyl groups is 1. The molecule has 1 aromatic carbocycles. The number of hydrogen-bond donors (Lipinski definition) is 1. The van der Waals surface area contributed by atoms with E-state index in [2.05, 4.69) is 43.3 Å². The van der Waals surface area contributed by atoms with Crippen molar-refractivity contribution < 1.29 is 5.11 Å². The van der Waals surface area contributed by atoms with Crippen LogP contribution in [0.2, 0.25) is 0 Å². The quantitative estimate of drug-likeness (QED) is 0.699. The van der Waals surface area contributed by atoms with Gasteiger partial charge in [0.1, 0.15) is 0 Å². The van der Waals surface area contributed by atoms with Crippen molar-refractivity contribution in [1.82, 2.24) is 0 Å². The molecular formula is C12H16O. The number of allylic oxidation sites excluding steroid dienone is 1. The molecule has 1 aromatic rings. The summed E-state index contributed by atoms with van der Waals surface area (Å²) in [7, 11) is 0. The molecule has 1 nitrogen and oxygen atoms in total.